The first-order chi connectivity index (χ1) is 10.2. The summed E-state index contributed by atoms with van der Waals surface area (Å²) in [6.45, 7) is 0. The highest BCUT2D eigenvalue weighted by atomic mass is 35.5. The molecule has 0 N–H and O–H groups in total. The summed E-state index contributed by atoms with van der Waals surface area (Å²) in [4.78, 5) is 3.60. The lowest BCUT2D eigenvalue weighted by molar-refractivity contribution is -0.141. The van der Waals surface area contributed by atoms with Gasteiger partial charge in [-0.1, -0.05) is 40.9 Å². The number of nitriles is 1. The lowest BCUT2D eigenvalue weighted by Crippen LogP contribution is -2.09. The number of aromatic nitrogens is 1. The third kappa shape index (κ3) is 3.46. The molecule has 0 aliphatic carbocycles. The van der Waals surface area contributed by atoms with Gasteiger partial charge in [-0.05, 0) is 23.8 Å². The maximum atomic E-state index is 12.8. The number of hydrogen-bond acceptors (Lipinski definition) is 2. The predicted molar refractivity (Wildman–Crippen MR) is 79.0 cm³/mol. The van der Waals surface area contributed by atoms with Crippen molar-refractivity contribution in [1.82, 2.24) is 4.98 Å². The summed E-state index contributed by atoms with van der Waals surface area (Å²) in [7, 11) is 0. The lowest BCUT2D eigenvalue weighted by Gasteiger charge is -2.13. The first-order valence-electron chi connectivity index (χ1n) is 5.83. The molecule has 0 fully saturated rings. The van der Waals surface area contributed by atoms with Gasteiger partial charge in [-0.25, -0.2) is 4.98 Å². The van der Waals surface area contributed by atoms with Crippen molar-refractivity contribution < 1.29 is 13.2 Å². The van der Waals surface area contributed by atoms with E-state index in [1.807, 2.05) is 6.07 Å². The second-order valence-corrected chi connectivity index (χ2v) is 5.50. The first kappa shape index (κ1) is 16.9. The highest BCUT2D eigenvalue weighted by molar-refractivity contribution is 6.44. The molecule has 0 aliphatic heterocycles. The van der Waals surface area contributed by atoms with Gasteiger partial charge < -0.3 is 0 Å². The minimum absolute atomic E-state index is 0.0417. The van der Waals surface area contributed by atoms with Crippen molar-refractivity contribution in [3.8, 4) is 17.3 Å². The van der Waals surface area contributed by atoms with E-state index in [-0.39, 0.29) is 32.7 Å². The van der Waals surface area contributed by atoms with Gasteiger partial charge in [0.15, 0.2) is 0 Å². The van der Waals surface area contributed by atoms with E-state index >= 15 is 0 Å². The molecule has 2 nitrogen and oxygen atoms in total. The van der Waals surface area contributed by atoms with Crippen LogP contribution in [0.3, 0.4) is 0 Å². The van der Waals surface area contributed by atoms with Crippen LogP contribution in [0.25, 0.3) is 11.3 Å². The third-order valence-corrected chi connectivity index (χ3v) is 3.84. The number of pyridine rings is 1. The van der Waals surface area contributed by atoms with Crippen molar-refractivity contribution in [2.24, 2.45) is 0 Å². The molecule has 1 aromatic heterocycles. The van der Waals surface area contributed by atoms with Crippen LogP contribution in [0.2, 0.25) is 15.1 Å². The zero-order valence-electron chi connectivity index (χ0n) is 10.7. The molecule has 2 rings (SSSR count). The number of alkyl halides is 3. The van der Waals surface area contributed by atoms with Gasteiger partial charge in [0.25, 0.3) is 0 Å². The molecule has 0 bridgehead atoms. The van der Waals surface area contributed by atoms with Crippen molar-refractivity contribution in [2.75, 3.05) is 0 Å². The normalized spacial score (nSPS) is 11.3. The van der Waals surface area contributed by atoms with E-state index in [2.05, 4.69) is 4.98 Å². The number of benzene rings is 1. The van der Waals surface area contributed by atoms with E-state index in [0.29, 0.717) is 5.56 Å². The Morgan fingerprint density at radius 3 is 2.27 bits per heavy atom. The molecule has 2 aromatic rings. The third-order valence-electron chi connectivity index (χ3n) is 2.80. The number of hydrogen-bond donors (Lipinski definition) is 0. The summed E-state index contributed by atoms with van der Waals surface area (Å²) in [6, 6.07) is 6.54. The predicted octanol–water partition coefficient (Wildman–Crippen LogP) is 5.79. The standard InChI is InChI=1S/C14H6Cl3F3N2/c15-9-6-11(17)10(16)5-8(9)13-7(3-4-21)1-2-12(22-13)14(18,19)20/h1-2,5-6H,3H2. The van der Waals surface area contributed by atoms with Gasteiger partial charge in [-0.3, -0.25) is 0 Å². The van der Waals surface area contributed by atoms with E-state index < -0.39 is 11.9 Å². The van der Waals surface area contributed by atoms with Crippen molar-refractivity contribution in [2.45, 2.75) is 12.6 Å². The molecule has 0 radical (unpaired) electrons. The minimum Gasteiger partial charge on any atom is -0.243 e. The highest BCUT2D eigenvalue weighted by Crippen LogP contribution is 2.37. The van der Waals surface area contributed by atoms with Crippen LogP contribution in [-0.4, -0.2) is 4.98 Å². The molecular weight excluding hydrogens is 360 g/mol. The molecule has 114 valence electrons. The average Bonchev–Trinajstić information content (AvgIpc) is 2.42. The molecule has 0 unspecified atom stereocenters. The average molecular weight is 366 g/mol. The quantitative estimate of drug-likeness (QED) is 0.631. The zero-order valence-corrected chi connectivity index (χ0v) is 12.9. The summed E-state index contributed by atoms with van der Waals surface area (Å²) in [5.41, 5.74) is -0.616. The monoisotopic (exact) mass is 364 g/mol. The number of rotatable bonds is 2. The van der Waals surface area contributed by atoms with E-state index in [4.69, 9.17) is 40.1 Å². The van der Waals surface area contributed by atoms with Gasteiger partial charge in [-0.2, -0.15) is 18.4 Å². The topological polar surface area (TPSA) is 36.7 Å². The fourth-order valence-corrected chi connectivity index (χ4v) is 2.45. The van der Waals surface area contributed by atoms with Crippen molar-refractivity contribution in [3.63, 3.8) is 0 Å². The SMILES string of the molecule is N#CCc1ccc(C(F)(F)F)nc1-c1cc(Cl)c(Cl)cc1Cl. The fourth-order valence-electron chi connectivity index (χ4n) is 1.81. The molecule has 0 amide bonds. The molecule has 1 heterocycles. The Hall–Kier alpha value is -1.48. The summed E-state index contributed by atoms with van der Waals surface area (Å²) in [5, 5.41) is 9.20. The van der Waals surface area contributed by atoms with Gasteiger partial charge >= 0.3 is 6.18 Å². The summed E-state index contributed by atoms with van der Waals surface area (Å²) in [6.07, 6.45) is -4.72. The molecule has 0 aliphatic rings. The summed E-state index contributed by atoms with van der Waals surface area (Å²) in [5.74, 6) is 0. The largest absolute Gasteiger partial charge is 0.433 e. The van der Waals surface area contributed by atoms with Crippen molar-refractivity contribution in [1.29, 1.82) is 5.26 Å². The maximum absolute atomic E-state index is 12.8. The molecule has 0 saturated carbocycles. The molecular formula is C14H6Cl3F3N2. The van der Waals surface area contributed by atoms with Crippen LogP contribution in [0.5, 0.6) is 0 Å². The Bertz CT molecular complexity index is 767. The second kappa shape index (κ2) is 6.33. The van der Waals surface area contributed by atoms with E-state index in [9.17, 15) is 13.2 Å². The second-order valence-electron chi connectivity index (χ2n) is 4.28. The summed E-state index contributed by atoms with van der Waals surface area (Å²) < 4.78 is 38.5. The van der Waals surface area contributed by atoms with Crippen LogP contribution >= 0.6 is 34.8 Å². The first-order valence-corrected chi connectivity index (χ1v) is 6.96. The summed E-state index contributed by atoms with van der Waals surface area (Å²) >= 11 is 17.7. The Kier molecular flexibility index (Phi) is 4.86. The van der Waals surface area contributed by atoms with Crippen LogP contribution in [0.1, 0.15) is 11.3 Å². The van der Waals surface area contributed by atoms with Crippen LogP contribution in [0.4, 0.5) is 13.2 Å². The van der Waals surface area contributed by atoms with Gasteiger partial charge in [-0.15, -0.1) is 0 Å². The van der Waals surface area contributed by atoms with Gasteiger partial charge in [0, 0.05) is 5.56 Å². The van der Waals surface area contributed by atoms with Gasteiger partial charge in [0.2, 0.25) is 0 Å². The smallest absolute Gasteiger partial charge is 0.243 e. The molecule has 1 aromatic carbocycles. The fraction of sp³-hybridized carbons (Fsp3) is 0.143. The van der Waals surface area contributed by atoms with Gasteiger partial charge in [0.1, 0.15) is 5.69 Å². The highest BCUT2D eigenvalue weighted by Gasteiger charge is 2.33. The van der Waals surface area contributed by atoms with Crippen LogP contribution in [-0.2, 0) is 12.6 Å². The van der Waals surface area contributed by atoms with Crippen molar-refractivity contribution >= 4 is 34.8 Å². The Morgan fingerprint density at radius 1 is 1.05 bits per heavy atom. The Labute approximate surface area is 139 Å². The maximum Gasteiger partial charge on any atom is 0.433 e. The van der Waals surface area contributed by atoms with Crippen molar-refractivity contribution in [3.05, 3.63) is 50.6 Å². The zero-order chi connectivity index (χ0) is 16.5. The van der Waals surface area contributed by atoms with Gasteiger partial charge in [0.05, 0.1) is 33.3 Å². The molecule has 0 spiro atoms. The number of nitrogens with zero attached hydrogens (tertiary/aromatic N) is 2. The molecule has 0 saturated heterocycles. The van der Waals surface area contributed by atoms with E-state index in [1.54, 1.807) is 0 Å². The number of halogens is 6. The van der Waals surface area contributed by atoms with Crippen LogP contribution in [0.15, 0.2) is 24.3 Å². The Balaban J connectivity index is 2.71. The molecule has 0 atom stereocenters. The lowest BCUT2D eigenvalue weighted by atomic mass is 10.0. The molecule has 22 heavy (non-hydrogen) atoms. The molecule has 8 heteroatoms. The van der Waals surface area contributed by atoms with E-state index in [1.165, 1.54) is 18.2 Å². The van der Waals surface area contributed by atoms with Crippen LogP contribution in [0, 0.1) is 11.3 Å². The van der Waals surface area contributed by atoms with Crippen LogP contribution < -0.4 is 0 Å². The van der Waals surface area contributed by atoms with E-state index in [0.717, 1.165) is 6.07 Å². The Morgan fingerprint density at radius 2 is 1.68 bits per heavy atom. The minimum atomic E-state index is -4.61.